The SMILES string of the molecule is CCCCCCCCCCCCCCCCCC(=O)OC[C@H](COC(=O)CCCCCCCCCCCCCCCC)OC(=O)CCCCCCCCCC(C)C. The Hall–Kier alpha value is -1.59. The van der Waals surface area contributed by atoms with Crippen LogP contribution in [0.25, 0.3) is 0 Å². The molecule has 0 radical (unpaired) electrons. The molecule has 0 N–H and O–H groups in total. The zero-order chi connectivity index (χ0) is 41.7. The molecule has 1 atom stereocenters. The van der Waals surface area contributed by atoms with Crippen molar-refractivity contribution in [3.05, 3.63) is 0 Å². The number of esters is 3. The minimum atomic E-state index is -0.760. The first-order valence-corrected chi connectivity index (χ1v) is 25.4. The Morgan fingerprint density at radius 3 is 0.860 bits per heavy atom. The Labute approximate surface area is 355 Å². The molecule has 0 aromatic heterocycles. The van der Waals surface area contributed by atoms with Crippen LogP contribution in [0, 0.1) is 5.92 Å². The van der Waals surface area contributed by atoms with Crippen molar-refractivity contribution in [2.45, 2.75) is 291 Å². The summed E-state index contributed by atoms with van der Waals surface area (Å²) in [7, 11) is 0. The molecule has 0 amide bonds. The number of carbonyl (C=O) groups is 3. The lowest BCUT2D eigenvalue weighted by Gasteiger charge is -2.18. The zero-order valence-corrected chi connectivity index (χ0v) is 38.8. The van der Waals surface area contributed by atoms with Crippen molar-refractivity contribution in [2.75, 3.05) is 13.2 Å². The summed E-state index contributed by atoms with van der Waals surface area (Å²) in [6.07, 6.45) is 46.6. The Morgan fingerprint density at radius 1 is 0.333 bits per heavy atom. The van der Waals surface area contributed by atoms with E-state index in [-0.39, 0.29) is 31.1 Å². The highest BCUT2D eigenvalue weighted by molar-refractivity contribution is 5.71. The molecule has 0 unspecified atom stereocenters. The van der Waals surface area contributed by atoms with Gasteiger partial charge in [0.05, 0.1) is 0 Å². The van der Waals surface area contributed by atoms with Gasteiger partial charge in [-0.05, 0) is 25.2 Å². The minimum Gasteiger partial charge on any atom is -0.462 e. The Bertz CT molecular complexity index is 857. The standard InChI is InChI=1S/C51H98O6/c1-5-7-9-11-13-15-17-19-21-23-25-27-31-35-39-43-50(53)56-46-48(57-51(54)44-40-36-32-28-29-33-37-41-47(3)4)45-55-49(52)42-38-34-30-26-24-22-20-18-16-14-12-10-8-6-2/h47-48H,5-46H2,1-4H3/t48-/m0/s1. The van der Waals surface area contributed by atoms with Gasteiger partial charge in [0.25, 0.3) is 0 Å². The van der Waals surface area contributed by atoms with Crippen LogP contribution in [0.1, 0.15) is 285 Å². The molecule has 0 aliphatic rings. The number of unbranched alkanes of at least 4 members (excludes halogenated alkanes) is 33. The van der Waals surface area contributed by atoms with Crippen LogP contribution in [0.5, 0.6) is 0 Å². The fourth-order valence-corrected chi connectivity index (χ4v) is 7.69. The van der Waals surface area contributed by atoms with Gasteiger partial charge in [0.1, 0.15) is 13.2 Å². The summed E-state index contributed by atoms with van der Waals surface area (Å²) in [6.45, 7) is 8.97. The second kappa shape index (κ2) is 45.5. The van der Waals surface area contributed by atoms with Crippen LogP contribution in [-0.2, 0) is 28.6 Å². The van der Waals surface area contributed by atoms with E-state index in [2.05, 4.69) is 27.7 Å². The predicted octanol–water partition coefficient (Wildman–Crippen LogP) is 16.3. The quantitative estimate of drug-likeness (QED) is 0.0346. The molecule has 0 spiro atoms. The average Bonchev–Trinajstić information content (AvgIpc) is 3.19. The third-order valence-electron chi connectivity index (χ3n) is 11.5. The van der Waals surface area contributed by atoms with Gasteiger partial charge < -0.3 is 14.2 Å². The first kappa shape index (κ1) is 55.4. The van der Waals surface area contributed by atoms with Crippen molar-refractivity contribution in [2.24, 2.45) is 5.92 Å². The van der Waals surface area contributed by atoms with Crippen LogP contribution in [0.15, 0.2) is 0 Å². The molecule has 0 aromatic carbocycles. The summed E-state index contributed by atoms with van der Waals surface area (Å²) < 4.78 is 16.8. The molecule has 57 heavy (non-hydrogen) atoms. The fourth-order valence-electron chi connectivity index (χ4n) is 7.69. The first-order chi connectivity index (χ1) is 27.9. The van der Waals surface area contributed by atoms with E-state index >= 15 is 0 Å². The molecule has 0 heterocycles. The van der Waals surface area contributed by atoms with Gasteiger partial charge in [-0.15, -0.1) is 0 Å². The average molecular weight is 807 g/mol. The molecule has 0 bridgehead atoms. The molecule has 0 fully saturated rings. The van der Waals surface area contributed by atoms with Gasteiger partial charge in [0, 0.05) is 19.3 Å². The predicted molar refractivity (Wildman–Crippen MR) is 243 cm³/mol. The number of hydrogen-bond donors (Lipinski definition) is 0. The number of ether oxygens (including phenoxy) is 3. The lowest BCUT2D eigenvalue weighted by atomic mass is 10.0. The highest BCUT2D eigenvalue weighted by atomic mass is 16.6. The number of hydrogen-bond acceptors (Lipinski definition) is 6. The smallest absolute Gasteiger partial charge is 0.306 e. The largest absolute Gasteiger partial charge is 0.462 e. The molecule has 6 heteroatoms. The first-order valence-electron chi connectivity index (χ1n) is 25.4. The molecule has 338 valence electrons. The number of carbonyl (C=O) groups excluding carboxylic acids is 3. The van der Waals surface area contributed by atoms with Crippen molar-refractivity contribution in [1.29, 1.82) is 0 Å². The van der Waals surface area contributed by atoms with E-state index in [1.807, 2.05) is 0 Å². The molecule has 0 saturated carbocycles. The molecule has 0 saturated heterocycles. The molecule has 6 nitrogen and oxygen atoms in total. The third kappa shape index (κ3) is 45.3. The normalized spacial score (nSPS) is 11.9. The van der Waals surface area contributed by atoms with Gasteiger partial charge in [-0.25, -0.2) is 0 Å². The third-order valence-corrected chi connectivity index (χ3v) is 11.5. The topological polar surface area (TPSA) is 78.9 Å². The molecular formula is C51H98O6. The van der Waals surface area contributed by atoms with E-state index in [4.69, 9.17) is 14.2 Å². The second-order valence-corrected chi connectivity index (χ2v) is 17.9. The molecule has 0 aliphatic heterocycles. The molecule has 0 aliphatic carbocycles. The lowest BCUT2D eigenvalue weighted by Crippen LogP contribution is -2.30. The van der Waals surface area contributed by atoms with Crippen molar-refractivity contribution in [1.82, 2.24) is 0 Å². The van der Waals surface area contributed by atoms with Crippen LogP contribution in [0.2, 0.25) is 0 Å². The summed E-state index contributed by atoms with van der Waals surface area (Å²) in [5.41, 5.74) is 0. The zero-order valence-electron chi connectivity index (χ0n) is 38.8. The van der Waals surface area contributed by atoms with Crippen LogP contribution in [-0.4, -0.2) is 37.2 Å². The van der Waals surface area contributed by atoms with Crippen molar-refractivity contribution in [3.63, 3.8) is 0 Å². The van der Waals surface area contributed by atoms with E-state index in [1.165, 1.54) is 180 Å². The van der Waals surface area contributed by atoms with Gasteiger partial charge in [-0.3, -0.25) is 14.4 Å². The second-order valence-electron chi connectivity index (χ2n) is 17.9. The summed E-state index contributed by atoms with van der Waals surface area (Å²) in [5.74, 6) is -0.0709. The summed E-state index contributed by atoms with van der Waals surface area (Å²) >= 11 is 0. The van der Waals surface area contributed by atoms with Gasteiger partial charge in [-0.1, -0.05) is 246 Å². The summed E-state index contributed by atoms with van der Waals surface area (Å²) in [4.78, 5) is 37.8. The van der Waals surface area contributed by atoms with E-state index < -0.39 is 6.10 Å². The summed E-state index contributed by atoms with van der Waals surface area (Å²) in [5, 5.41) is 0. The fraction of sp³-hybridized carbons (Fsp3) is 0.941. The van der Waals surface area contributed by atoms with Crippen LogP contribution < -0.4 is 0 Å². The Morgan fingerprint density at radius 2 is 0.579 bits per heavy atom. The summed E-state index contributed by atoms with van der Waals surface area (Å²) in [6, 6.07) is 0. The van der Waals surface area contributed by atoms with Crippen LogP contribution in [0.3, 0.4) is 0 Å². The Kier molecular flexibility index (Phi) is 44.2. The van der Waals surface area contributed by atoms with Crippen molar-refractivity contribution in [3.8, 4) is 0 Å². The van der Waals surface area contributed by atoms with Crippen LogP contribution in [0.4, 0.5) is 0 Å². The van der Waals surface area contributed by atoms with Crippen LogP contribution >= 0.6 is 0 Å². The van der Waals surface area contributed by atoms with Gasteiger partial charge in [-0.2, -0.15) is 0 Å². The van der Waals surface area contributed by atoms with Crippen molar-refractivity contribution < 1.29 is 28.6 Å². The highest BCUT2D eigenvalue weighted by Crippen LogP contribution is 2.17. The van der Waals surface area contributed by atoms with Gasteiger partial charge >= 0.3 is 17.9 Å². The molecule has 0 aromatic rings. The highest BCUT2D eigenvalue weighted by Gasteiger charge is 2.19. The monoisotopic (exact) mass is 807 g/mol. The molecule has 0 rings (SSSR count). The van der Waals surface area contributed by atoms with Crippen molar-refractivity contribution >= 4 is 17.9 Å². The van der Waals surface area contributed by atoms with E-state index in [0.29, 0.717) is 19.3 Å². The van der Waals surface area contributed by atoms with Gasteiger partial charge in [0.2, 0.25) is 0 Å². The van der Waals surface area contributed by atoms with Gasteiger partial charge in [0.15, 0.2) is 6.10 Å². The Balaban J connectivity index is 4.27. The maximum Gasteiger partial charge on any atom is 0.306 e. The van der Waals surface area contributed by atoms with E-state index in [1.54, 1.807) is 0 Å². The van der Waals surface area contributed by atoms with E-state index in [0.717, 1.165) is 63.7 Å². The maximum absolute atomic E-state index is 12.7. The maximum atomic E-state index is 12.7. The molecular weight excluding hydrogens is 709 g/mol. The van der Waals surface area contributed by atoms with E-state index in [9.17, 15) is 14.4 Å². The minimum absolute atomic E-state index is 0.0637. The lowest BCUT2D eigenvalue weighted by molar-refractivity contribution is -0.167. The number of rotatable bonds is 46.